The molecule has 3 aromatic rings. The number of aryl methyl sites for hydroxylation is 2. The fraction of sp³-hybridized carbons (Fsp3) is 0.333. The Hall–Kier alpha value is -3.72. The van der Waals surface area contributed by atoms with Gasteiger partial charge >= 0.3 is 0 Å². The van der Waals surface area contributed by atoms with Crippen molar-refractivity contribution in [3.05, 3.63) is 95.3 Å². The van der Waals surface area contributed by atoms with Crippen molar-refractivity contribution in [1.29, 1.82) is 0 Å². The maximum atomic E-state index is 15.0. The van der Waals surface area contributed by atoms with Crippen LogP contribution in [0.5, 0.6) is 0 Å². The monoisotopic (exact) mass is 553 g/mol. The Bertz CT molecular complexity index is 1410. The maximum Gasteiger partial charge on any atom is 0.264 e. The maximum absolute atomic E-state index is 15.0. The lowest BCUT2D eigenvalue weighted by molar-refractivity contribution is -0.139. The summed E-state index contributed by atoms with van der Waals surface area (Å²) in [6.07, 6.45) is 0.708. The van der Waals surface area contributed by atoms with Crippen LogP contribution in [0, 0.1) is 19.7 Å². The second-order valence-corrected chi connectivity index (χ2v) is 11.6. The largest absolute Gasteiger partial charge is 0.352 e. The van der Waals surface area contributed by atoms with E-state index >= 15 is 0 Å². The van der Waals surface area contributed by atoms with Crippen LogP contribution in [0.1, 0.15) is 43.9 Å². The van der Waals surface area contributed by atoms with Gasteiger partial charge in [-0.15, -0.1) is 0 Å². The molecule has 0 aliphatic heterocycles. The van der Waals surface area contributed by atoms with E-state index in [0.717, 1.165) is 27.1 Å². The van der Waals surface area contributed by atoms with Gasteiger partial charge in [0.25, 0.3) is 10.0 Å². The quantitative estimate of drug-likeness (QED) is 0.363. The zero-order valence-corrected chi connectivity index (χ0v) is 23.8. The van der Waals surface area contributed by atoms with Crippen molar-refractivity contribution in [2.24, 2.45) is 0 Å². The average molecular weight is 554 g/mol. The molecule has 3 rings (SSSR count). The third-order valence-electron chi connectivity index (χ3n) is 6.61. The molecule has 0 unspecified atom stereocenters. The Morgan fingerprint density at radius 2 is 1.59 bits per heavy atom. The van der Waals surface area contributed by atoms with E-state index in [4.69, 9.17) is 0 Å². The lowest BCUT2D eigenvalue weighted by Crippen LogP contribution is -2.52. The predicted molar refractivity (Wildman–Crippen MR) is 151 cm³/mol. The number of hydrogen-bond donors (Lipinski definition) is 1. The molecule has 0 heterocycles. The van der Waals surface area contributed by atoms with Gasteiger partial charge in [0.05, 0.1) is 10.6 Å². The number of nitrogens with zero attached hydrogens (tertiary/aromatic N) is 2. The topological polar surface area (TPSA) is 86.8 Å². The van der Waals surface area contributed by atoms with Crippen LogP contribution in [0.15, 0.2) is 77.7 Å². The second kappa shape index (κ2) is 12.9. The molecule has 7 nitrogen and oxygen atoms in total. The Kier molecular flexibility index (Phi) is 9.86. The molecule has 0 aliphatic rings. The molecular formula is C30H36FN3O4S. The first-order chi connectivity index (χ1) is 18.4. The highest BCUT2D eigenvalue weighted by atomic mass is 32.2. The number of carbonyl (C=O) groups is 2. The normalized spacial score (nSPS) is 12.9. The first kappa shape index (κ1) is 29.8. The molecule has 208 valence electrons. The number of nitrogens with one attached hydrogen (secondary N) is 1. The standard InChI is InChI=1S/C30H36FN3O4S/c1-6-23(4)32-30(36)24(5)33(19-25-11-9-10-22(3)18-25)29(35)20-34(28-13-8-7-12-27(28)31)39(37,38)26-16-14-21(2)15-17-26/h7-18,23-24H,6,19-20H2,1-5H3,(H,32,36)/t23-,24+/m0/s1. The summed E-state index contributed by atoms with van der Waals surface area (Å²) in [6.45, 7) is 8.54. The predicted octanol–water partition coefficient (Wildman–Crippen LogP) is 4.97. The number of halogens is 1. The fourth-order valence-corrected chi connectivity index (χ4v) is 5.48. The molecule has 39 heavy (non-hydrogen) atoms. The second-order valence-electron chi connectivity index (χ2n) is 9.78. The summed E-state index contributed by atoms with van der Waals surface area (Å²) >= 11 is 0. The minimum atomic E-state index is -4.33. The summed E-state index contributed by atoms with van der Waals surface area (Å²) in [5, 5.41) is 2.89. The van der Waals surface area contributed by atoms with Gasteiger partial charge in [-0.25, -0.2) is 12.8 Å². The molecule has 0 radical (unpaired) electrons. The van der Waals surface area contributed by atoms with Crippen molar-refractivity contribution in [3.8, 4) is 0 Å². The van der Waals surface area contributed by atoms with E-state index in [0.29, 0.717) is 6.42 Å². The van der Waals surface area contributed by atoms with Gasteiger partial charge in [-0.1, -0.05) is 66.6 Å². The molecule has 2 atom stereocenters. The van der Waals surface area contributed by atoms with Crippen LogP contribution in [0.25, 0.3) is 0 Å². The van der Waals surface area contributed by atoms with Crippen LogP contribution in [-0.2, 0) is 26.2 Å². The number of benzene rings is 3. The van der Waals surface area contributed by atoms with Crippen LogP contribution in [0.3, 0.4) is 0 Å². The highest BCUT2D eigenvalue weighted by Crippen LogP contribution is 2.27. The van der Waals surface area contributed by atoms with Crippen LogP contribution in [0.4, 0.5) is 10.1 Å². The Labute approximate surface area is 230 Å². The third-order valence-corrected chi connectivity index (χ3v) is 8.39. The smallest absolute Gasteiger partial charge is 0.264 e. The molecule has 9 heteroatoms. The summed E-state index contributed by atoms with van der Waals surface area (Å²) in [6, 6.07) is 18.0. The molecule has 0 saturated heterocycles. The zero-order chi connectivity index (χ0) is 28.7. The van der Waals surface area contributed by atoms with Gasteiger partial charge in [0.15, 0.2) is 0 Å². The summed E-state index contributed by atoms with van der Waals surface area (Å²) < 4.78 is 43.3. The molecule has 0 bridgehead atoms. The number of sulfonamides is 1. The van der Waals surface area contributed by atoms with Gasteiger partial charge in [0, 0.05) is 12.6 Å². The summed E-state index contributed by atoms with van der Waals surface area (Å²) in [4.78, 5) is 28.2. The summed E-state index contributed by atoms with van der Waals surface area (Å²) in [5.41, 5.74) is 2.36. The molecular weight excluding hydrogens is 517 g/mol. The van der Waals surface area contributed by atoms with Crippen LogP contribution < -0.4 is 9.62 Å². The van der Waals surface area contributed by atoms with Crippen LogP contribution in [-0.4, -0.2) is 43.8 Å². The van der Waals surface area contributed by atoms with Gasteiger partial charge in [0.1, 0.15) is 18.4 Å². The van der Waals surface area contributed by atoms with E-state index in [2.05, 4.69) is 5.32 Å². The van der Waals surface area contributed by atoms with Crippen molar-refractivity contribution < 1.29 is 22.4 Å². The van der Waals surface area contributed by atoms with E-state index in [-0.39, 0.29) is 29.1 Å². The zero-order valence-electron chi connectivity index (χ0n) is 23.0. The molecule has 0 fully saturated rings. The Morgan fingerprint density at radius 1 is 0.923 bits per heavy atom. The van der Waals surface area contributed by atoms with E-state index in [9.17, 15) is 22.4 Å². The minimum Gasteiger partial charge on any atom is -0.352 e. The van der Waals surface area contributed by atoms with Crippen LogP contribution >= 0.6 is 0 Å². The van der Waals surface area contributed by atoms with Gasteiger partial charge in [-0.2, -0.15) is 0 Å². The third kappa shape index (κ3) is 7.44. The van der Waals surface area contributed by atoms with E-state index in [1.807, 2.05) is 52.0 Å². The van der Waals surface area contributed by atoms with Crippen LogP contribution in [0.2, 0.25) is 0 Å². The molecule has 1 N–H and O–H groups in total. The number of hydrogen-bond acceptors (Lipinski definition) is 4. The number of anilines is 1. The summed E-state index contributed by atoms with van der Waals surface area (Å²) in [7, 11) is -4.33. The molecule has 0 aromatic heterocycles. The van der Waals surface area contributed by atoms with Crippen molar-refractivity contribution in [2.45, 2.75) is 64.6 Å². The molecule has 2 amide bonds. The Balaban J connectivity index is 2.04. The molecule has 0 spiro atoms. The van der Waals surface area contributed by atoms with Crippen molar-refractivity contribution in [3.63, 3.8) is 0 Å². The Morgan fingerprint density at radius 3 is 2.21 bits per heavy atom. The first-order valence-electron chi connectivity index (χ1n) is 12.9. The number of amides is 2. The molecule has 0 aliphatic carbocycles. The lowest BCUT2D eigenvalue weighted by atomic mass is 10.1. The van der Waals surface area contributed by atoms with Gasteiger partial charge in [0.2, 0.25) is 11.8 Å². The minimum absolute atomic E-state index is 0.0723. The first-order valence-corrected chi connectivity index (χ1v) is 14.4. The van der Waals surface area contributed by atoms with Crippen molar-refractivity contribution >= 4 is 27.5 Å². The van der Waals surface area contributed by atoms with Gasteiger partial charge in [-0.3, -0.25) is 13.9 Å². The molecule has 0 saturated carbocycles. The number of para-hydroxylation sites is 1. The fourth-order valence-electron chi connectivity index (χ4n) is 4.06. The lowest BCUT2D eigenvalue weighted by Gasteiger charge is -2.32. The number of rotatable bonds is 11. The van der Waals surface area contributed by atoms with Gasteiger partial charge in [-0.05, 0) is 63.9 Å². The highest BCUT2D eigenvalue weighted by Gasteiger charge is 2.33. The van der Waals surface area contributed by atoms with E-state index in [1.165, 1.54) is 35.2 Å². The van der Waals surface area contributed by atoms with Crippen molar-refractivity contribution in [1.82, 2.24) is 10.2 Å². The highest BCUT2D eigenvalue weighted by molar-refractivity contribution is 7.92. The van der Waals surface area contributed by atoms with E-state index < -0.39 is 34.3 Å². The van der Waals surface area contributed by atoms with E-state index in [1.54, 1.807) is 19.1 Å². The molecule has 3 aromatic carbocycles. The van der Waals surface area contributed by atoms with Gasteiger partial charge < -0.3 is 10.2 Å². The number of carbonyl (C=O) groups excluding carboxylic acids is 2. The average Bonchev–Trinajstić information content (AvgIpc) is 2.90. The summed E-state index contributed by atoms with van der Waals surface area (Å²) in [5.74, 6) is -1.78. The van der Waals surface area contributed by atoms with Crippen molar-refractivity contribution in [2.75, 3.05) is 10.8 Å². The SMILES string of the molecule is CC[C@H](C)NC(=O)[C@@H](C)N(Cc1cccc(C)c1)C(=O)CN(c1ccccc1F)S(=O)(=O)c1ccc(C)cc1.